The first-order valence-electron chi connectivity index (χ1n) is 5.10. The number of amides is 1. The number of carbonyl (C=O) groups is 1. The average molecular weight is 215 g/mol. The van der Waals surface area contributed by atoms with Crippen LogP contribution in [0.2, 0.25) is 0 Å². The van der Waals surface area contributed by atoms with E-state index >= 15 is 0 Å². The van der Waals surface area contributed by atoms with Gasteiger partial charge in [-0.15, -0.1) is 0 Å². The van der Waals surface area contributed by atoms with Crippen molar-refractivity contribution in [3.8, 4) is 0 Å². The fourth-order valence-electron chi connectivity index (χ4n) is 1.82. The molecule has 0 spiro atoms. The third kappa shape index (κ3) is 1.62. The Hall–Kier alpha value is -1.97. The first-order chi connectivity index (χ1) is 7.61. The third-order valence-corrected chi connectivity index (χ3v) is 2.56. The van der Waals surface area contributed by atoms with Crippen molar-refractivity contribution in [3.63, 3.8) is 0 Å². The summed E-state index contributed by atoms with van der Waals surface area (Å²) in [7, 11) is 0. The molecule has 0 fully saturated rings. The zero-order chi connectivity index (χ0) is 11.7. The maximum absolute atomic E-state index is 12.0. The van der Waals surface area contributed by atoms with E-state index in [0.717, 1.165) is 5.69 Å². The normalized spacial score (nSPS) is 19.9. The summed E-state index contributed by atoms with van der Waals surface area (Å²) in [6, 6.07) is 9.27. The molecule has 1 aromatic carbocycles. The highest BCUT2D eigenvalue weighted by atomic mass is 16.2. The molecule has 0 radical (unpaired) electrons. The van der Waals surface area contributed by atoms with E-state index in [-0.39, 0.29) is 5.91 Å². The van der Waals surface area contributed by atoms with Gasteiger partial charge < -0.3 is 5.41 Å². The number of hydrazone groups is 1. The van der Waals surface area contributed by atoms with E-state index in [1.807, 2.05) is 30.3 Å². The Morgan fingerprint density at radius 1 is 1.38 bits per heavy atom. The van der Waals surface area contributed by atoms with Crippen LogP contribution in [0.1, 0.15) is 13.8 Å². The average Bonchev–Trinajstić information content (AvgIpc) is 2.55. The van der Waals surface area contributed by atoms with Crippen molar-refractivity contribution in [3.05, 3.63) is 30.3 Å². The number of hydrogen-bond acceptors (Lipinski definition) is 3. The topological polar surface area (TPSA) is 56.5 Å². The highest BCUT2D eigenvalue weighted by Crippen LogP contribution is 2.23. The van der Waals surface area contributed by atoms with Crippen LogP contribution in [-0.2, 0) is 4.79 Å². The fourth-order valence-corrected chi connectivity index (χ4v) is 1.82. The number of para-hydroxylation sites is 1. The van der Waals surface area contributed by atoms with Gasteiger partial charge in [-0.1, -0.05) is 18.2 Å². The number of rotatable bonds is 2. The summed E-state index contributed by atoms with van der Waals surface area (Å²) < 4.78 is 0. The second kappa shape index (κ2) is 3.89. The molecule has 82 valence electrons. The molecule has 0 saturated carbocycles. The van der Waals surface area contributed by atoms with Crippen molar-refractivity contribution in [2.24, 2.45) is 11.0 Å². The molecule has 0 aromatic heterocycles. The van der Waals surface area contributed by atoms with Gasteiger partial charge in [0.05, 0.1) is 11.4 Å². The highest BCUT2D eigenvalue weighted by Gasteiger charge is 2.35. The number of nitrogens with one attached hydrogen (secondary N) is 1. The Morgan fingerprint density at radius 3 is 2.50 bits per heavy atom. The predicted octanol–water partition coefficient (Wildman–Crippen LogP) is 2.06. The molecule has 1 amide bonds. The Kier molecular flexibility index (Phi) is 2.56. The molecular formula is C12H13N3O. The fraction of sp³-hybridized carbons (Fsp3) is 0.250. The number of benzene rings is 1. The number of nitrogens with zero attached hydrogens (tertiary/aromatic N) is 2. The summed E-state index contributed by atoms with van der Waals surface area (Å²) in [6.45, 7) is 3.42. The first-order valence-corrected chi connectivity index (χ1v) is 5.10. The van der Waals surface area contributed by atoms with Crippen LogP contribution in [0.5, 0.6) is 0 Å². The molecule has 2 rings (SSSR count). The van der Waals surface area contributed by atoms with Crippen LogP contribution in [0.15, 0.2) is 35.4 Å². The molecule has 16 heavy (non-hydrogen) atoms. The number of hydrogen-bond donors (Lipinski definition) is 1. The Balaban J connectivity index is 2.35. The lowest BCUT2D eigenvalue weighted by Gasteiger charge is -2.13. The van der Waals surface area contributed by atoms with E-state index in [9.17, 15) is 4.79 Å². The van der Waals surface area contributed by atoms with Gasteiger partial charge in [0.25, 0.3) is 5.91 Å². The molecule has 0 aliphatic carbocycles. The SMILES string of the molecule is CC(=N)C1C(=O)N(c2ccccc2)N=C1C. The van der Waals surface area contributed by atoms with Gasteiger partial charge in [-0.2, -0.15) is 10.1 Å². The van der Waals surface area contributed by atoms with Crippen LogP contribution >= 0.6 is 0 Å². The van der Waals surface area contributed by atoms with Crippen LogP contribution in [0, 0.1) is 11.3 Å². The monoisotopic (exact) mass is 215 g/mol. The molecule has 1 atom stereocenters. The van der Waals surface area contributed by atoms with Crippen LogP contribution in [0.3, 0.4) is 0 Å². The Bertz CT molecular complexity index is 464. The summed E-state index contributed by atoms with van der Waals surface area (Å²) >= 11 is 0. The van der Waals surface area contributed by atoms with Crippen molar-refractivity contribution in [2.45, 2.75) is 13.8 Å². The number of anilines is 1. The summed E-state index contributed by atoms with van der Waals surface area (Å²) in [5, 5.41) is 13.2. The van der Waals surface area contributed by atoms with E-state index in [1.54, 1.807) is 13.8 Å². The lowest BCUT2D eigenvalue weighted by molar-refractivity contribution is -0.118. The van der Waals surface area contributed by atoms with Gasteiger partial charge in [0.2, 0.25) is 0 Å². The van der Waals surface area contributed by atoms with Gasteiger partial charge in [-0.05, 0) is 26.0 Å². The molecule has 1 aromatic rings. The predicted molar refractivity (Wildman–Crippen MR) is 63.9 cm³/mol. The van der Waals surface area contributed by atoms with Crippen LogP contribution < -0.4 is 5.01 Å². The molecule has 4 heteroatoms. The largest absolute Gasteiger partial charge is 0.309 e. The molecule has 1 N–H and O–H groups in total. The minimum Gasteiger partial charge on any atom is -0.309 e. The molecule has 0 bridgehead atoms. The molecule has 1 aliphatic rings. The zero-order valence-corrected chi connectivity index (χ0v) is 9.27. The van der Waals surface area contributed by atoms with Crippen molar-refractivity contribution in [2.75, 3.05) is 5.01 Å². The van der Waals surface area contributed by atoms with Crippen molar-refractivity contribution in [1.82, 2.24) is 0 Å². The summed E-state index contributed by atoms with van der Waals surface area (Å²) in [5.41, 5.74) is 1.77. The van der Waals surface area contributed by atoms with Crippen molar-refractivity contribution < 1.29 is 4.79 Å². The van der Waals surface area contributed by atoms with E-state index in [4.69, 9.17) is 5.41 Å². The van der Waals surface area contributed by atoms with Crippen LogP contribution in [0.25, 0.3) is 0 Å². The van der Waals surface area contributed by atoms with Gasteiger partial charge in [0.1, 0.15) is 5.92 Å². The molecule has 1 unspecified atom stereocenters. The smallest absolute Gasteiger partial charge is 0.261 e. The quantitative estimate of drug-likeness (QED) is 0.754. The van der Waals surface area contributed by atoms with Crippen molar-refractivity contribution in [1.29, 1.82) is 5.41 Å². The van der Waals surface area contributed by atoms with Gasteiger partial charge >= 0.3 is 0 Å². The first kappa shape index (κ1) is 10.5. The number of carbonyl (C=O) groups excluding carboxylic acids is 1. The molecule has 1 aliphatic heterocycles. The summed E-state index contributed by atoms with van der Waals surface area (Å²) in [4.78, 5) is 12.0. The van der Waals surface area contributed by atoms with E-state index in [0.29, 0.717) is 11.4 Å². The highest BCUT2D eigenvalue weighted by molar-refractivity contribution is 6.27. The van der Waals surface area contributed by atoms with Gasteiger partial charge in [-0.25, -0.2) is 0 Å². The standard InChI is InChI=1S/C12H13N3O/c1-8(13)11-9(2)14-15(12(11)16)10-6-4-3-5-7-10/h3-7,11,13H,1-2H3. The second-order valence-electron chi connectivity index (χ2n) is 3.84. The van der Waals surface area contributed by atoms with Gasteiger partial charge in [0.15, 0.2) is 0 Å². The van der Waals surface area contributed by atoms with Crippen LogP contribution in [0.4, 0.5) is 5.69 Å². The minimum absolute atomic E-state index is 0.142. The van der Waals surface area contributed by atoms with E-state index < -0.39 is 5.92 Å². The minimum atomic E-state index is -0.486. The lowest BCUT2D eigenvalue weighted by Crippen LogP contribution is -2.31. The Morgan fingerprint density at radius 2 is 2.00 bits per heavy atom. The summed E-state index contributed by atoms with van der Waals surface area (Å²) in [5.74, 6) is -0.628. The van der Waals surface area contributed by atoms with E-state index in [2.05, 4.69) is 5.10 Å². The molecule has 4 nitrogen and oxygen atoms in total. The lowest BCUT2D eigenvalue weighted by atomic mass is 10.00. The summed E-state index contributed by atoms with van der Waals surface area (Å²) in [6.07, 6.45) is 0. The second-order valence-corrected chi connectivity index (χ2v) is 3.84. The van der Waals surface area contributed by atoms with Gasteiger partial charge in [0, 0.05) is 5.71 Å². The molecule has 0 saturated heterocycles. The molecular weight excluding hydrogens is 202 g/mol. The van der Waals surface area contributed by atoms with Crippen molar-refractivity contribution >= 4 is 23.0 Å². The van der Waals surface area contributed by atoms with Gasteiger partial charge in [-0.3, -0.25) is 4.79 Å². The zero-order valence-electron chi connectivity index (χ0n) is 9.27. The van der Waals surface area contributed by atoms with Crippen LogP contribution in [-0.4, -0.2) is 17.3 Å². The Labute approximate surface area is 94.1 Å². The molecule has 1 heterocycles. The van der Waals surface area contributed by atoms with E-state index in [1.165, 1.54) is 5.01 Å². The third-order valence-electron chi connectivity index (χ3n) is 2.56. The maximum Gasteiger partial charge on any atom is 0.261 e. The maximum atomic E-state index is 12.0.